The summed E-state index contributed by atoms with van der Waals surface area (Å²) >= 11 is 0. The molecule has 0 heterocycles. The predicted octanol–water partition coefficient (Wildman–Crippen LogP) is 3.86. The highest BCUT2D eigenvalue weighted by Crippen LogP contribution is 2.28. The Labute approximate surface area is 126 Å². The van der Waals surface area contributed by atoms with Crippen LogP contribution in [0.3, 0.4) is 0 Å². The molecule has 0 saturated carbocycles. The van der Waals surface area contributed by atoms with Gasteiger partial charge in [0.05, 0.1) is 12.8 Å². The number of phenolic OH excluding ortho intramolecular Hbond substituents is 1. The number of aromatic hydroxyl groups is 1. The molecule has 2 aromatic carbocycles. The molecule has 112 valence electrons. The van der Waals surface area contributed by atoms with Gasteiger partial charge in [0.25, 0.3) is 0 Å². The molecule has 0 fully saturated rings. The first-order valence-corrected chi connectivity index (χ1v) is 7.25. The SMILES string of the molecule is COc1ccccc1N(C)C(C)CCc1ccc(O)cc1. The smallest absolute Gasteiger partial charge is 0.142 e. The minimum absolute atomic E-state index is 0.318. The second kappa shape index (κ2) is 7.02. The molecule has 0 aliphatic heterocycles. The molecule has 2 aromatic rings. The number of phenols is 1. The standard InChI is InChI=1S/C18H23NO2/c1-14(8-9-15-10-12-16(20)13-11-15)19(2)17-6-4-5-7-18(17)21-3/h4-7,10-14,20H,8-9H2,1-3H3. The zero-order valence-electron chi connectivity index (χ0n) is 12.9. The highest BCUT2D eigenvalue weighted by molar-refractivity contribution is 5.58. The van der Waals surface area contributed by atoms with Crippen LogP contribution in [0.4, 0.5) is 5.69 Å². The van der Waals surface area contributed by atoms with E-state index in [1.165, 1.54) is 5.56 Å². The van der Waals surface area contributed by atoms with Gasteiger partial charge in [0, 0.05) is 13.1 Å². The molecule has 0 aliphatic rings. The van der Waals surface area contributed by atoms with Gasteiger partial charge in [0.1, 0.15) is 11.5 Å². The van der Waals surface area contributed by atoms with Gasteiger partial charge in [-0.3, -0.25) is 0 Å². The van der Waals surface area contributed by atoms with E-state index in [-0.39, 0.29) is 0 Å². The molecule has 0 aliphatic carbocycles. The van der Waals surface area contributed by atoms with Crippen molar-refractivity contribution < 1.29 is 9.84 Å². The van der Waals surface area contributed by atoms with E-state index >= 15 is 0 Å². The van der Waals surface area contributed by atoms with Crippen molar-refractivity contribution in [3.05, 3.63) is 54.1 Å². The third kappa shape index (κ3) is 3.91. The number of benzene rings is 2. The number of hydrogen-bond donors (Lipinski definition) is 1. The Balaban J connectivity index is 1.99. The van der Waals surface area contributed by atoms with E-state index in [1.807, 2.05) is 30.3 Å². The average Bonchev–Trinajstić information content (AvgIpc) is 2.53. The largest absolute Gasteiger partial charge is 0.508 e. The zero-order chi connectivity index (χ0) is 15.2. The van der Waals surface area contributed by atoms with Crippen molar-refractivity contribution in [1.82, 2.24) is 0 Å². The van der Waals surface area contributed by atoms with Crippen LogP contribution in [0.25, 0.3) is 0 Å². The average molecular weight is 285 g/mol. The van der Waals surface area contributed by atoms with Crippen LogP contribution >= 0.6 is 0 Å². The topological polar surface area (TPSA) is 32.7 Å². The molecule has 0 amide bonds. The minimum Gasteiger partial charge on any atom is -0.508 e. The summed E-state index contributed by atoms with van der Waals surface area (Å²) in [5, 5.41) is 9.31. The first-order chi connectivity index (χ1) is 10.1. The van der Waals surface area contributed by atoms with Crippen LogP contribution in [-0.4, -0.2) is 25.3 Å². The van der Waals surface area contributed by atoms with Gasteiger partial charge in [-0.25, -0.2) is 0 Å². The van der Waals surface area contributed by atoms with Gasteiger partial charge >= 0.3 is 0 Å². The first kappa shape index (κ1) is 15.2. The molecule has 0 radical (unpaired) electrons. The normalized spacial score (nSPS) is 12.0. The number of para-hydroxylation sites is 2. The van der Waals surface area contributed by atoms with Crippen molar-refractivity contribution in [2.75, 3.05) is 19.1 Å². The van der Waals surface area contributed by atoms with Gasteiger partial charge in [-0.15, -0.1) is 0 Å². The van der Waals surface area contributed by atoms with Crippen LogP contribution in [0.1, 0.15) is 18.9 Å². The van der Waals surface area contributed by atoms with Crippen LogP contribution in [0, 0.1) is 0 Å². The maximum Gasteiger partial charge on any atom is 0.142 e. The summed E-state index contributed by atoms with van der Waals surface area (Å²) in [5.41, 5.74) is 2.35. The van der Waals surface area contributed by atoms with Crippen molar-refractivity contribution in [3.63, 3.8) is 0 Å². The number of anilines is 1. The van der Waals surface area contributed by atoms with Crippen molar-refractivity contribution in [2.45, 2.75) is 25.8 Å². The Morgan fingerprint density at radius 3 is 2.43 bits per heavy atom. The van der Waals surface area contributed by atoms with Gasteiger partial charge in [-0.2, -0.15) is 0 Å². The minimum atomic E-state index is 0.318. The Kier molecular flexibility index (Phi) is 5.09. The van der Waals surface area contributed by atoms with Crippen LogP contribution in [0.5, 0.6) is 11.5 Å². The Hall–Kier alpha value is -2.16. The summed E-state index contributed by atoms with van der Waals surface area (Å²) in [7, 11) is 3.80. The summed E-state index contributed by atoms with van der Waals surface area (Å²) in [6.07, 6.45) is 2.03. The Bertz CT molecular complexity index is 566. The van der Waals surface area contributed by atoms with Crippen molar-refractivity contribution in [3.8, 4) is 11.5 Å². The van der Waals surface area contributed by atoms with Crippen LogP contribution in [0.2, 0.25) is 0 Å². The van der Waals surface area contributed by atoms with Crippen LogP contribution < -0.4 is 9.64 Å². The fourth-order valence-corrected chi connectivity index (χ4v) is 2.39. The van der Waals surface area contributed by atoms with Gasteiger partial charge in [0.15, 0.2) is 0 Å². The van der Waals surface area contributed by atoms with Crippen molar-refractivity contribution >= 4 is 5.69 Å². The lowest BCUT2D eigenvalue weighted by atomic mass is 10.0. The first-order valence-electron chi connectivity index (χ1n) is 7.25. The fraction of sp³-hybridized carbons (Fsp3) is 0.333. The number of ether oxygens (including phenoxy) is 1. The molecule has 0 bridgehead atoms. The van der Waals surface area contributed by atoms with E-state index in [2.05, 4.69) is 24.9 Å². The van der Waals surface area contributed by atoms with Gasteiger partial charge in [-0.1, -0.05) is 24.3 Å². The van der Waals surface area contributed by atoms with Crippen molar-refractivity contribution in [1.29, 1.82) is 0 Å². The fourth-order valence-electron chi connectivity index (χ4n) is 2.39. The summed E-state index contributed by atoms with van der Waals surface area (Å²) in [5.74, 6) is 1.22. The second-order valence-corrected chi connectivity index (χ2v) is 5.34. The van der Waals surface area contributed by atoms with Crippen LogP contribution in [-0.2, 0) is 6.42 Å². The third-order valence-corrected chi connectivity index (χ3v) is 3.91. The molecule has 0 saturated heterocycles. The molecular formula is C18H23NO2. The summed E-state index contributed by atoms with van der Waals surface area (Å²) < 4.78 is 5.42. The quantitative estimate of drug-likeness (QED) is 0.875. The van der Waals surface area contributed by atoms with E-state index in [0.29, 0.717) is 11.8 Å². The van der Waals surface area contributed by atoms with Crippen LogP contribution in [0.15, 0.2) is 48.5 Å². The van der Waals surface area contributed by atoms with E-state index in [9.17, 15) is 5.11 Å². The molecule has 2 rings (SSSR count). The van der Waals surface area contributed by atoms with Gasteiger partial charge in [0.2, 0.25) is 0 Å². The maximum atomic E-state index is 9.31. The molecule has 21 heavy (non-hydrogen) atoms. The van der Waals surface area contributed by atoms with Gasteiger partial charge in [-0.05, 0) is 49.6 Å². The number of rotatable bonds is 6. The molecule has 1 unspecified atom stereocenters. The molecular weight excluding hydrogens is 262 g/mol. The molecule has 0 spiro atoms. The summed E-state index contributed by atoms with van der Waals surface area (Å²) in [6, 6.07) is 15.9. The van der Waals surface area contributed by atoms with E-state index in [1.54, 1.807) is 19.2 Å². The third-order valence-electron chi connectivity index (χ3n) is 3.91. The van der Waals surface area contributed by atoms with E-state index in [0.717, 1.165) is 24.3 Å². The summed E-state index contributed by atoms with van der Waals surface area (Å²) in [4.78, 5) is 2.25. The maximum absolute atomic E-state index is 9.31. The second-order valence-electron chi connectivity index (χ2n) is 5.34. The highest BCUT2D eigenvalue weighted by atomic mass is 16.5. The molecule has 1 N–H and O–H groups in total. The number of aryl methyl sites for hydroxylation is 1. The van der Waals surface area contributed by atoms with Gasteiger partial charge < -0.3 is 14.7 Å². The Morgan fingerprint density at radius 2 is 1.76 bits per heavy atom. The lowest BCUT2D eigenvalue weighted by Crippen LogP contribution is -2.29. The summed E-state index contributed by atoms with van der Waals surface area (Å²) in [6.45, 7) is 2.22. The lowest BCUT2D eigenvalue weighted by Gasteiger charge is -2.28. The van der Waals surface area contributed by atoms with Crippen molar-refractivity contribution in [2.24, 2.45) is 0 Å². The molecule has 3 heteroatoms. The lowest BCUT2D eigenvalue weighted by molar-refractivity contribution is 0.413. The number of nitrogens with zero attached hydrogens (tertiary/aromatic N) is 1. The predicted molar refractivity (Wildman–Crippen MR) is 87.3 cm³/mol. The number of methoxy groups -OCH3 is 1. The zero-order valence-corrected chi connectivity index (χ0v) is 12.9. The molecule has 3 nitrogen and oxygen atoms in total. The monoisotopic (exact) mass is 285 g/mol. The highest BCUT2D eigenvalue weighted by Gasteiger charge is 2.13. The Morgan fingerprint density at radius 1 is 1.10 bits per heavy atom. The molecule has 1 atom stereocenters. The number of hydrogen-bond acceptors (Lipinski definition) is 3. The van der Waals surface area contributed by atoms with E-state index in [4.69, 9.17) is 4.74 Å². The van der Waals surface area contributed by atoms with E-state index < -0.39 is 0 Å². The molecule has 0 aromatic heterocycles.